The van der Waals surface area contributed by atoms with Gasteiger partial charge in [0.05, 0.1) is 25.2 Å². The molecule has 1 aliphatic carbocycles. The molecule has 1 aromatic rings. The van der Waals surface area contributed by atoms with Crippen molar-refractivity contribution >= 4 is 21.9 Å². The van der Waals surface area contributed by atoms with Gasteiger partial charge in [-0.15, -0.1) is 0 Å². The number of carbonyl (C=O) groups excluding carboxylic acids is 1. The average molecular weight is 345 g/mol. The molecule has 0 radical (unpaired) electrons. The highest BCUT2D eigenvalue weighted by Crippen LogP contribution is 2.34. The zero-order valence-electron chi connectivity index (χ0n) is 11.4. The maximum atomic E-state index is 13.5. The van der Waals surface area contributed by atoms with E-state index in [-0.39, 0.29) is 35.2 Å². The van der Waals surface area contributed by atoms with Crippen molar-refractivity contribution in [3.05, 3.63) is 35.6 Å². The lowest BCUT2D eigenvalue weighted by atomic mass is 10.1. The molecule has 1 aromatic carbocycles. The van der Waals surface area contributed by atoms with Crippen LogP contribution in [0.15, 0.2) is 24.3 Å². The highest BCUT2D eigenvalue weighted by molar-refractivity contribution is 9.09. The molecule has 3 nitrogen and oxygen atoms in total. The average Bonchev–Trinajstić information content (AvgIpc) is 2.80. The first-order chi connectivity index (χ1) is 9.61. The van der Waals surface area contributed by atoms with Crippen molar-refractivity contribution in [1.29, 1.82) is 0 Å². The molecule has 0 heterocycles. The molecule has 0 spiro atoms. The fraction of sp³-hybridized carbons (Fsp3) is 0.533. The Morgan fingerprint density at radius 1 is 1.40 bits per heavy atom. The van der Waals surface area contributed by atoms with Crippen molar-refractivity contribution < 1.29 is 18.7 Å². The van der Waals surface area contributed by atoms with E-state index in [4.69, 9.17) is 9.47 Å². The van der Waals surface area contributed by atoms with E-state index in [1.807, 2.05) is 0 Å². The number of hydrogen-bond donors (Lipinski definition) is 0. The zero-order valence-corrected chi connectivity index (χ0v) is 12.9. The van der Waals surface area contributed by atoms with Crippen LogP contribution in [0.3, 0.4) is 0 Å². The highest BCUT2D eigenvalue weighted by atomic mass is 79.9. The lowest BCUT2D eigenvalue weighted by molar-refractivity contribution is -0.148. The Morgan fingerprint density at radius 3 is 2.85 bits per heavy atom. The zero-order chi connectivity index (χ0) is 14.5. The Kier molecular flexibility index (Phi) is 5.54. The van der Waals surface area contributed by atoms with Gasteiger partial charge in [0.25, 0.3) is 0 Å². The molecule has 0 saturated heterocycles. The van der Waals surface area contributed by atoms with Crippen LogP contribution in [0, 0.1) is 11.7 Å². The maximum Gasteiger partial charge on any atom is 0.309 e. The van der Waals surface area contributed by atoms with Gasteiger partial charge >= 0.3 is 5.97 Å². The van der Waals surface area contributed by atoms with Crippen LogP contribution < -0.4 is 0 Å². The molecule has 0 amide bonds. The molecule has 3 unspecified atom stereocenters. The molecule has 1 aliphatic rings. The standard InChI is InChI=1S/C15H18BrFO3/c1-2-19-15(18)11-7-12(16)14(8-11)20-9-10-5-3-4-6-13(10)17/h3-6,11-12,14H,2,7-9H2,1H3. The molecule has 110 valence electrons. The van der Waals surface area contributed by atoms with Crippen molar-refractivity contribution in [2.45, 2.75) is 37.3 Å². The van der Waals surface area contributed by atoms with E-state index in [0.717, 1.165) is 0 Å². The smallest absolute Gasteiger partial charge is 0.309 e. The lowest BCUT2D eigenvalue weighted by Crippen LogP contribution is -2.18. The van der Waals surface area contributed by atoms with Crippen LogP contribution >= 0.6 is 15.9 Å². The molecule has 0 bridgehead atoms. The van der Waals surface area contributed by atoms with Crippen molar-refractivity contribution in [2.75, 3.05) is 6.61 Å². The first kappa shape index (κ1) is 15.4. The summed E-state index contributed by atoms with van der Waals surface area (Å²) in [5, 5.41) is 0. The fourth-order valence-electron chi connectivity index (χ4n) is 2.39. The minimum absolute atomic E-state index is 0.0935. The van der Waals surface area contributed by atoms with Crippen LogP contribution in [0.25, 0.3) is 0 Å². The summed E-state index contributed by atoms with van der Waals surface area (Å²) in [7, 11) is 0. The van der Waals surface area contributed by atoms with Gasteiger partial charge in [0, 0.05) is 10.4 Å². The van der Waals surface area contributed by atoms with E-state index in [0.29, 0.717) is 25.0 Å². The molecule has 20 heavy (non-hydrogen) atoms. The number of hydrogen-bond acceptors (Lipinski definition) is 3. The first-order valence-electron chi connectivity index (χ1n) is 6.77. The minimum Gasteiger partial charge on any atom is -0.466 e. The van der Waals surface area contributed by atoms with Gasteiger partial charge in [0.15, 0.2) is 0 Å². The Balaban J connectivity index is 1.88. The molecule has 0 N–H and O–H groups in total. The van der Waals surface area contributed by atoms with Gasteiger partial charge in [-0.25, -0.2) is 4.39 Å². The fourth-order valence-corrected chi connectivity index (χ4v) is 3.20. The van der Waals surface area contributed by atoms with Gasteiger partial charge in [0.2, 0.25) is 0 Å². The lowest BCUT2D eigenvalue weighted by Gasteiger charge is -2.15. The summed E-state index contributed by atoms with van der Waals surface area (Å²) >= 11 is 3.53. The van der Waals surface area contributed by atoms with Gasteiger partial charge in [-0.05, 0) is 25.8 Å². The number of benzene rings is 1. The van der Waals surface area contributed by atoms with Gasteiger partial charge in [-0.2, -0.15) is 0 Å². The second-order valence-corrected chi connectivity index (χ2v) is 6.05. The van der Waals surface area contributed by atoms with E-state index in [1.165, 1.54) is 6.07 Å². The highest BCUT2D eigenvalue weighted by Gasteiger charge is 2.38. The number of alkyl halides is 1. The first-order valence-corrected chi connectivity index (χ1v) is 7.69. The summed E-state index contributed by atoms with van der Waals surface area (Å²) in [5.74, 6) is -0.572. The van der Waals surface area contributed by atoms with Crippen LogP contribution in [0.5, 0.6) is 0 Å². The Bertz CT molecular complexity index is 466. The van der Waals surface area contributed by atoms with Gasteiger partial charge < -0.3 is 9.47 Å². The van der Waals surface area contributed by atoms with E-state index >= 15 is 0 Å². The molecule has 3 atom stereocenters. The molecule has 0 aliphatic heterocycles. The Hall–Kier alpha value is -0.940. The second-order valence-electron chi connectivity index (χ2n) is 4.88. The molecule has 1 fully saturated rings. The summed E-state index contributed by atoms with van der Waals surface area (Å²) in [5.41, 5.74) is 0.534. The number of halogens is 2. The summed E-state index contributed by atoms with van der Waals surface area (Å²) in [6.07, 6.45) is 1.22. The minimum atomic E-state index is -0.265. The van der Waals surface area contributed by atoms with Gasteiger partial charge in [-0.1, -0.05) is 34.1 Å². The van der Waals surface area contributed by atoms with E-state index < -0.39 is 0 Å². The van der Waals surface area contributed by atoms with Crippen molar-refractivity contribution in [3.63, 3.8) is 0 Å². The summed E-state index contributed by atoms with van der Waals surface area (Å²) in [6, 6.07) is 6.55. The number of ether oxygens (including phenoxy) is 2. The van der Waals surface area contributed by atoms with Crippen LogP contribution in [-0.2, 0) is 20.9 Å². The van der Waals surface area contributed by atoms with Crippen LogP contribution in [-0.4, -0.2) is 23.5 Å². The third kappa shape index (κ3) is 3.79. The van der Waals surface area contributed by atoms with Crippen molar-refractivity contribution in [1.82, 2.24) is 0 Å². The second kappa shape index (κ2) is 7.18. The Morgan fingerprint density at radius 2 is 2.15 bits per heavy atom. The molecule has 2 rings (SSSR count). The number of rotatable bonds is 5. The van der Waals surface area contributed by atoms with Gasteiger partial charge in [-0.3, -0.25) is 4.79 Å². The van der Waals surface area contributed by atoms with Crippen LogP contribution in [0.1, 0.15) is 25.3 Å². The predicted octanol–water partition coefficient (Wildman–Crippen LogP) is 3.45. The largest absolute Gasteiger partial charge is 0.466 e. The summed E-state index contributed by atoms with van der Waals surface area (Å²) < 4.78 is 24.3. The van der Waals surface area contributed by atoms with E-state index in [2.05, 4.69) is 15.9 Å². The molecule has 0 aromatic heterocycles. The van der Waals surface area contributed by atoms with Crippen molar-refractivity contribution in [3.8, 4) is 0 Å². The topological polar surface area (TPSA) is 35.5 Å². The normalized spacial score (nSPS) is 25.6. The third-order valence-corrected chi connectivity index (χ3v) is 4.42. The number of esters is 1. The van der Waals surface area contributed by atoms with Crippen LogP contribution in [0.4, 0.5) is 4.39 Å². The number of carbonyl (C=O) groups is 1. The maximum absolute atomic E-state index is 13.5. The Labute approximate surface area is 126 Å². The molecule has 1 saturated carbocycles. The van der Waals surface area contributed by atoms with E-state index in [9.17, 15) is 9.18 Å². The molecular weight excluding hydrogens is 327 g/mol. The monoisotopic (exact) mass is 344 g/mol. The third-order valence-electron chi connectivity index (χ3n) is 3.46. The van der Waals surface area contributed by atoms with Gasteiger partial charge in [0.1, 0.15) is 5.82 Å². The predicted molar refractivity (Wildman–Crippen MR) is 77.0 cm³/mol. The molecule has 5 heteroatoms. The quantitative estimate of drug-likeness (QED) is 0.606. The summed E-state index contributed by atoms with van der Waals surface area (Å²) in [6.45, 7) is 2.41. The van der Waals surface area contributed by atoms with Crippen LogP contribution in [0.2, 0.25) is 0 Å². The summed E-state index contributed by atoms with van der Waals surface area (Å²) in [4.78, 5) is 11.8. The SMILES string of the molecule is CCOC(=O)C1CC(Br)C(OCc2ccccc2F)C1. The van der Waals surface area contributed by atoms with Crippen molar-refractivity contribution in [2.24, 2.45) is 5.92 Å². The molecular formula is C15H18BrFO3. The van der Waals surface area contributed by atoms with E-state index in [1.54, 1.807) is 25.1 Å².